The smallest absolute Gasteiger partial charge is 0.119 e. The van der Waals surface area contributed by atoms with Gasteiger partial charge in [0.15, 0.2) is 0 Å². The fraction of sp³-hybridized carbons (Fsp3) is 0.571. The fourth-order valence-corrected chi connectivity index (χ4v) is 1.69. The number of rotatable bonds is 7. The summed E-state index contributed by atoms with van der Waals surface area (Å²) in [5.41, 5.74) is 0. The van der Waals surface area contributed by atoms with Gasteiger partial charge in [-0.25, -0.2) is 0 Å². The third-order valence-electron chi connectivity index (χ3n) is 2.72. The second-order valence-electron chi connectivity index (χ2n) is 4.14. The Morgan fingerprint density at radius 2 is 1.81 bits per heavy atom. The number of hydrogen-bond acceptors (Lipinski definition) is 2. The number of benzene rings is 1. The standard InChI is InChI=1S/C14H22O2/c1-3-5-6-7-13(4-2)16-14-10-8-12(15)9-11-14/h8-11,13,15H,3-7H2,1-2H3. The van der Waals surface area contributed by atoms with Gasteiger partial charge < -0.3 is 9.84 Å². The van der Waals surface area contributed by atoms with Crippen molar-refractivity contribution in [2.45, 2.75) is 52.1 Å². The van der Waals surface area contributed by atoms with Gasteiger partial charge in [-0.3, -0.25) is 0 Å². The molecule has 0 amide bonds. The van der Waals surface area contributed by atoms with E-state index in [2.05, 4.69) is 13.8 Å². The first-order chi connectivity index (χ1) is 7.76. The van der Waals surface area contributed by atoms with Gasteiger partial charge in [0.2, 0.25) is 0 Å². The molecular formula is C14H22O2. The zero-order valence-corrected chi connectivity index (χ0v) is 10.3. The number of unbranched alkanes of at least 4 members (excludes halogenated alkanes) is 2. The highest BCUT2D eigenvalue weighted by molar-refractivity contribution is 5.30. The lowest BCUT2D eigenvalue weighted by molar-refractivity contribution is 0.182. The Morgan fingerprint density at radius 3 is 2.38 bits per heavy atom. The lowest BCUT2D eigenvalue weighted by Gasteiger charge is -2.17. The summed E-state index contributed by atoms with van der Waals surface area (Å²) in [5, 5.41) is 9.17. The van der Waals surface area contributed by atoms with Gasteiger partial charge in [-0.05, 0) is 43.5 Å². The molecule has 0 spiro atoms. The van der Waals surface area contributed by atoms with E-state index in [0.29, 0.717) is 6.10 Å². The number of phenols is 1. The molecule has 0 saturated heterocycles. The van der Waals surface area contributed by atoms with Crippen molar-refractivity contribution in [2.75, 3.05) is 0 Å². The molecule has 0 fully saturated rings. The summed E-state index contributed by atoms with van der Waals surface area (Å²) >= 11 is 0. The Morgan fingerprint density at radius 1 is 1.12 bits per heavy atom. The first-order valence-corrected chi connectivity index (χ1v) is 6.22. The second-order valence-corrected chi connectivity index (χ2v) is 4.14. The minimum absolute atomic E-state index is 0.284. The van der Waals surface area contributed by atoms with Crippen LogP contribution >= 0.6 is 0 Å². The minimum Gasteiger partial charge on any atom is -0.508 e. The van der Waals surface area contributed by atoms with Gasteiger partial charge in [-0.2, -0.15) is 0 Å². The summed E-state index contributed by atoms with van der Waals surface area (Å²) < 4.78 is 5.85. The van der Waals surface area contributed by atoms with Crippen LogP contribution < -0.4 is 4.74 Å². The Labute approximate surface area is 98.3 Å². The maximum atomic E-state index is 9.17. The molecule has 0 radical (unpaired) electrons. The quantitative estimate of drug-likeness (QED) is 0.703. The molecule has 1 aromatic carbocycles. The molecule has 0 heterocycles. The molecule has 1 aromatic rings. The molecule has 0 aliphatic heterocycles. The molecule has 0 aromatic heterocycles. The predicted octanol–water partition coefficient (Wildman–Crippen LogP) is 4.13. The number of phenolic OH excluding ortho intramolecular Hbond substituents is 1. The fourth-order valence-electron chi connectivity index (χ4n) is 1.69. The van der Waals surface area contributed by atoms with Crippen molar-refractivity contribution in [1.29, 1.82) is 0 Å². The Kier molecular flexibility index (Phi) is 5.76. The largest absolute Gasteiger partial charge is 0.508 e. The highest BCUT2D eigenvalue weighted by Gasteiger charge is 2.07. The van der Waals surface area contributed by atoms with Gasteiger partial charge in [0.05, 0.1) is 6.10 Å². The summed E-state index contributed by atoms with van der Waals surface area (Å²) in [4.78, 5) is 0. The predicted molar refractivity (Wildman–Crippen MR) is 67.0 cm³/mol. The average molecular weight is 222 g/mol. The molecule has 0 aliphatic rings. The molecule has 16 heavy (non-hydrogen) atoms. The number of hydrogen-bond donors (Lipinski definition) is 1. The van der Waals surface area contributed by atoms with E-state index in [1.165, 1.54) is 19.3 Å². The SMILES string of the molecule is CCCCCC(CC)Oc1ccc(O)cc1. The molecule has 90 valence electrons. The molecule has 1 N–H and O–H groups in total. The van der Waals surface area contributed by atoms with Crippen molar-refractivity contribution >= 4 is 0 Å². The molecule has 0 saturated carbocycles. The van der Waals surface area contributed by atoms with Gasteiger partial charge in [0, 0.05) is 0 Å². The summed E-state index contributed by atoms with van der Waals surface area (Å²) in [5.74, 6) is 1.13. The van der Waals surface area contributed by atoms with Crippen molar-refractivity contribution in [1.82, 2.24) is 0 Å². The molecule has 2 heteroatoms. The van der Waals surface area contributed by atoms with Crippen LogP contribution in [0.3, 0.4) is 0 Å². The first-order valence-electron chi connectivity index (χ1n) is 6.22. The van der Waals surface area contributed by atoms with Crippen molar-refractivity contribution in [3.63, 3.8) is 0 Å². The van der Waals surface area contributed by atoms with Gasteiger partial charge in [-0.1, -0.05) is 26.7 Å². The van der Waals surface area contributed by atoms with Crippen LogP contribution in [0.15, 0.2) is 24.3 Å². The van der Waals surface area contributed by atoms with Crippen LogP contribution in [-0.4, -0.2) is 11.2 Å². The van der Waals surface area contributed by atoms with E-state index in [9.17, 15) is 0 Å². The van der Waals surface area contributed by atoms with Crippen LogP contribution in [0.2, 0.25) is 0 Å². The van der Waals surface area contributed by atoms with E-state index in [4.69, 9.17) is 9.84 Å². The monoisotopic (exact) mass is 222 g/mol. The summed E-state index contributed by atoms with van der Waals surface area (Å²) in [6.45, 7) is 4.36. The van der Waals surface area contributed by atoms with Gasteiger partial charge in [0.1, 0.15) is 11.5 Å². The summed E-state index contributed by atoms with van der Waals surface area (Å²) in [6, 6.07) is 6.96. The number of aromatic hydroxyl groups is 1. The van der Waals surface area contributed by atoms with Crippen molar-refractivity contribution in [2.24, 2.45) is 0 Å². The zero-order chi connectivity index (χ0) is 11.8. The molecular weight excluding hydrogens is 200 g/mol. The van der Waals surface area contributed by atoms with Gasteiger partial charge in [-0.15, -0.1) is 0 Å². The van der Waals surface area contributed by atoms with E-state index < -0.39 is 0 Å². The van der Waals surface area contributed by atoms with E-state index in [0.717, 1.165) is 18.6 Å². The third kappa shape index (κ3) is 4.56. The van der Waals surface area contributed by atoms with Crippen molar-refractivity contribution in [3.05, 3.63) is 24.3 Å². The lowest BCUT2D eigenvalue weighted by atomic mass is 10.1. The van der Waals surface area contributed by atoms with E-state index in [1.54, 1.807) is 12.1 Å². The second kappa shape index (κ2) is 7.15. The Balaban J connectivity index is 2.40. The van der Waals surface area contributed by atoms with Crippen LogP contribution in [0.4, 0.5) is 0 Å². The molecule has 1 atom stereocenters. The van der Waals surface area contributed by atoms with Crippen LogP contribution in [-0.2, 0) is 0 Å². The zero-order valence-electron chi connectivity index (χ0n) is 10.3. The van der Waals surface area contributed by atoms with Crippen molar-refractivity contribution < 1.29 is 9.84 Å². The third-order valence-corrected chi connectivity index (χ3v) is 2.72. The molecule has 1 rings (SSSR count). The normalized spacial score (nSPS) is 12.4. The highest BCUT2D eigenvalue weighted by atomic mass is 16.5. The van der Waals surface area contributed by atoms with E-state index in [1.807, 2.05) is 12.1 Å². The van der Waals surface area contributed by atoms with Crippen LogP contribution in [0.5, 0.6) is 11.5 Å². The van der Waals surface area contributed by atoms with E-state index in [-0.39, 0.29) is 5.75 Å². The maximum Gasteiger partial charge on any atom is 0.119 e. The lowest BCUT2D eigenvalue weighted by Crippen LogP contribution is -2.15. The molecule has 0 aliphatic carbocycles. The van der Waals surface area contributed by atoms with Crippen LogP contribution in [0.1, 0.15) is 46.0 Å². The molecule has 2 nitrogen and oxygen atoms in total. The maximum absolute atomic E-state index is 9.17. The van der Waals surface area contributed by atoms with Crippen molar-refractivity contribution in [3.8, 4) is 11.5 Å². The van der Waals surface area contributed by atoms with Gasteiger partial charge in [0.25, 0.3) is 0 Å². The Bertz CT molecular complexity index is 279. The van der Waals surface area contributed by atoms with Crippen LogP contribution in [0.25, 0.3) is 0 Å². The highest BCUT2D eigenvalue weighted by Crippen LogP contribution is 2.20. The minimum atomic E-state index is 0.284. The molecule has 0 bridgehead atoms. The summed E-state index contributed by atoms with van der Waals surface area (Å²) in [7, 11) is 0. The van der Waals surface area contributed by atoms with Gasteiger partial charge >= 0.3 is 0 Å². The molecule has 1 unspecified atom stereocenters. The number of ether oxygens (including phenoxy) is 1. The first kappa shape index (κ1) is 12.9. The Hall–Kier alpha value is -1.18. The average Bonchev–Trinajstić information content (AvgIpc) is 2.31. The van der Waals surface area contributed by atoms with Crippen LogP contribution in [0, 0.1) is 0 Å². The topological polar surface area (TPSA) is 29.5 Å². The van der Waals surface area contributed by atoms with E-state index >= 15 is 0 Å². The summed E-state index contributed by atoms with van der Waals surface area (Å²) in [6.07, 6.45) is 6.20.